The highest BCUT2D eigenvalue weighted by Crippen LogP contribution is 2.40. The lowest BCUT2D eigenvalue weighted by Crippen LogP contribution is -2.26. The molecule has 76 valence electrons. The quantitative estimate of drug-likeness (QED) is 0.740. The van der Waals surface area contributed by atoms with Crippen molar-refractivity contribution in [3.05, 3.63) is 29.3 Å². The second-order valence-electron chi connectivity index (χ2n) is 4.76. The Labute approximate surface area is 84.5 Å². The molecule has 2 rings (SSSR count). The van der Waals surface area contributed by atoms with E-state index < -0.39 is 0 Å². The molecule has 1 aliphatic carbocycles. The van der Waals surface area contributed by atoms with E-state index in [1.165, 1.54) is 0 Å². The fourth-order valence-electron chi connectivity index (χ4n) is 1.71. The summed E-state index contributed by atoms with van der Waals surface area (Å²) in [4.78, 5) is 0. The van der Waals surface area contributed by atoms with Crippen LogP contribution in [0.5, 0.6) is 5.75 Å². The average Bonchev–Trinajstić information content (AvgIpc) is 2.03. The summed E-state index contributed by atoms with van der Waals surface area (Å²) < 4.78 is 5.80. The molecular weight excluding hydrogens is 176 g/mol. The third kappa shape index (κ3) is 1.62. The van der Waals surface area contributed by atoms with E-state index in [2.05, 4.69) is 0 Å². The Balaban J connectivity index is 2.28. The van der Waals surface area contributed by atoms with Gasteiger partial charge >= 0.3 is 0 Å². The van der Waals surface area contributed by atoms with Crippen molar-refractivity contribution in [2.75, 3.05) is 0 Å². The number of rotatable bonds is 1. The monoisotopic (exact) mass is 192 g/mol. The smallest absolute Gasteiger partial charge is 0.123 e. The van der Waals surface area contributed by atoms with Gasteiger partial charge in [0.2, 0.25) is 0 Å². The summed E-state index contributed by atoms with van der Waals surface area (Å²) in [5.41, 5.74) is 2.01. The van der Waals surface area contributed by atoms with Crippen molar-refractivity contribution in [3.8, 4) is 5.75 Å². The van der Waals surface area contributed by atoms with Crippen LogP contribution in [0.25, 0.3) is 0 Å². The van der Waals surface area contributed by atoms with Crippen molar-refractivity contribution in [3.63, 3.8) is 0 Å². The van der Waals surface area contributed by atoms with Crippen molar-refractivity contribution in [2.45, 2.75) is 38.9 Å². The highest BCUT2D eigenvalue weighted by Gasteiger charge is 2.28. The zero-order chi connectivity index (χ0) is 10.3. The molecule has 0 aromatic heterocycles. The number of benzene rings is 1. The first kappa shape index (κ1) is 9.53. The zero-order valence-electron chi connectivity index (χ0n) is 8.87. The number of hydrogen-bond acceptors (Lipinski definition) is 2. The van der Waals surface area contributed by atoms with E-state index >= 15 is 0 Å². The molecule has 0 spiro atoms. The molecule has 2 heteroatoms. The number of fused-ring (bicyclic) bond motifs is 1. The zero-order valence-corrected chi connectivity index (χ0v) is 8.87. The SMILES string of the molecule is CC(C)(C)Oc1cccc2c1CC2O. The van der Waals surface area contributed by atoms with Gasteiger partial charge in [0.05, 0.1) is 6.10 Å². The average molecular weight is 192 g/mol. The summed E-state index contributed by atoms with van der Waals surface area (Å²) in [6, 6.07) is 5.86. The van der Waals surface area contributed by atoms with Crippen molar-refractivity contribution in [2.24, 2.45) is 0 Å². The molecule has 0 aliphatic heterocycles. The molecule has 1 aromatic rings. The number of aliphatic hydroxyl groups is 1. The van der Waals surface area contributed by atoms with Crippen LogP contribution in [-0.4, -0.2) is 10.7 Å². The molecule has 0 saturated carbocycles. The summed E-state index contributed by atoms with van der Waals surface area (Å²) in [7, 11) is 0. The minimum atomic E-state index is -0.284. The molecule has 0 heterocycles. The van der Waals surface area contributed by atoms with Crippen LogP contribution in [0.3, 0.4) is 0 Å². The maximum atomic E-state index is 9.47. The topological polar surface area (TPSA) is 29.5 Å². The van der Waals surface area contributed by atoms with Gasteiger partial charge in [-0.15, -0.1) is 0 Å². The molecule has 1 aliphatic rings. The standard InChI is InChI=1S/C12H16O2/c1-12(2,3)14-11-6-4-5-8-9(11)7-10(8)13/h4-6,10,13H,7H2,1-3H3. The molecule has 1 N–H and O–H groups in total. The molecule has 0 radical (unpaired) electrons. The van der Waals surface area contributed by atoms with Crippen LogP contribution in [-0.2, 0) is 6.42 Å². The van der Waals surface area contributed by atoms with E-state index in [4.69, 9.17) is 4.74 Å². The van der Waals surface area contributed by atoms with E-state index in [1.807, 2.05) is 39.0 Å². The number of hydrogen-bond donors (Lipinski definition) is 1. The van der Waals surface area contributed by atoms with E-state index in [1.54, 1.807) is 0 Å². The molecular formula is C12H16O2. The van der Waals surface area contributed by atoms with Gasteiger partial charge in [0, 0.05) is 12.0 Å². The lowest BCUT2D eigenvalue weighted by molar-refractivity contribution is 0.115. The molecule has 0 saturated heterocycles. The van der Waals surface area contributed by atoms with Gasteiger partial charge < -0.3 is 9.84 Å². The van der Waals surface area contributed by atoms with Crippen LogP contribution < -0.4 is 4.74 Å². The van der Waals surface area contributed by atoms with Gasteiger partial charge in [0.1, 0.15) is 11.4 Å². The highest BCUT2D eigenvalue weighted by molar-refractivity contribution is 5.48. The van der Waals surface area contributed by atoms with Crippen LogP contribution in [0.15, 0.2) is 18.2 Å². The summed E-state index contributed by atoms with van der Waals surface area (Å²) in [5, 5.41) is 9.47. The van der Waals surface area contributed by atoms with Gasteiger partial charge in [0.15, 0.2) is 0 Å². The Morgan fingerprint density at radius 3 is 2.64 bits per heavy atom. The summed E-state index contributed by atoms with van der Waals surface area (Å²) in [5.74, 6) is 0.917. The maximum Gasteiger partial charge on any atom is 0.123 e. The van der Waals surface area contributed by atoms with Gasteiger partial charge in [-0.2, -0.15) is 0 Å². The van der Waals surface area contributed by atoms with Crippen molar-refractivity contribution in [1.82, 2.24) is 0 Å². The van der Waals surface area contributed by atoms with Crippen molar-refractivity contribution in [1.29, 1.82) is 0 Å². The second-order valence-corrected chi connectivity index (χ2v) is 4.76. The van der Waals surface area contributed by atoms with Gasteiger partial charge in [0.25, 0.3) is 0 Å². The molecule has 0 amide bonds. The minimum Gasteiger partial charge on any atom is -0.488 e. The summed E-state index contributed by atoms with van der Waals surface area (Å²) in [6.07, 6.45) is 0.440. The molecule has 1 atom stereocenters. The lowest BCUT2D eigenvalue weighted by Gasteiger charge is -2.31. The normalized spacial score (nSPS) is 19.9. The van der Waals surface area contributed by atoms with Crippen LogP contribution in [0.1, 0.15) is 38.0 Å². The Hall–Kier alpha value is -1.02. The van der Waals surface area contributed by atoms with Crippen LogP contribution in [0, 0.1) is 0 Å². The maximum absolute atomic E-state index is 9.47. The van der Waals surface area contributed by atoms with Crippen molar-refractivity contribution < 1.29 is 9.84 Å². The predicted molar refractivity (Wildman–Crippen MR) is 55.5 cm³/mol. The summed E-state index contributed by atoms with van der Waals surface area (Å²) in [6.45, 7) is 6.09. The van der Waals surface area contributed by atoms with Gasteiger partial charge in [-0.3, -0.25) is 0 Å². The third-order valence-corrected chi connectivity index (χ3v) is 2.34. The van der Waals surface area contributed by atoms with Crippen LogP contribution >= 0.6 is 0 Å². The Kier molecular flexibility index (Phi) is 2.04. The molecule has 0 fully saturated rings. The minimum absolute atomic E-state index is 0.171. The van der Waals surface area contributed by atoms with Crippen LogP contribution in [0.2, 0.25) is 0 Å². The van der Waals surface area contributed by atoms with E-state index in [0.29, 0.717) is 0 Å². The molecule has 0 bridgehead atoms. The fraction of sp³-hybridized carbons (Fsp3) is 0.500. The molecule has 1 aromatic carbocycles. The molecule has 1 unspecified atom stereocenters. The largest absolute Gasteiger partial charge is 0.488 e. The predicted octanol–water partition coefficient (Wildman–Crippen LogP) is 2.45. The lowest BCUT2D eigenvalue weighted by atomic mass is 9.85. The third-order valence-electron chi connectivity index (χ3n) is 2.34. The molecule has 2 nitrogen and oxygen atoms in total. The highest BCUT2D eigenvalue weighted by atomic mass is 16.5. The fourth-order valence-corrected chi connectivity index (χ4v) is 1.71. The van der Waals surface area contributed by atoms with Gasteiger partial charge in [-0.05, 0) is 32.4 Å². The van der Waals surface area contributed by atoms with E-state index in [9.17, 15) is 5.11 Å². The first-order chi connectivity index (χ1) is 6.47. The van der Waals surface area contributed by atoms with Gasteiger partial charge in [-0.1, -0.05) is 12.1 Å². The number of ether oxygens (including phenoxy) is 1. The Morgan fingerprint density at radius 2 is 2.07 bits per heavy atom. The molecule has 14 heavy (non-hydrogen) atoms. The first-order valence-electron chi connectivity index (χ1n) is 4.96. The van der Waals surface area contributed by atoms with Crippen LogP contribution in [0.4, 0.5) is 0 Å². The Morgan fingerprint density at radius 1 is 1.36 bits per heavy atom. The Bertz CT molecular complexity index is 350. The second kappa shape index (κ2) is 2.99. The van der Waals surface area contributed by atoms with Crippen molar-refractivity contribution >= 4 is 0 Å². The van der Waals surface area contributed by atoms with E-state index in [0.717, 1.165) is 23.3 Å². The summed E-state index contributed by atoms with van der Waals surface area (Å²) >= 11 is 0. The number of aliphatic hydroxyl groups excluding tert-OH is 1. The first-order valence-corrected chi connectivity index (χ1v) is 4.96. The van der Waals surface area contributed by atoms with E-state index in [-0.39, 0.29) is 11.7 Å². The van der Waals surface area contributed by atoms with Gasteiger partial charge in [-0.25, -0.2) is 0 Å².